The van der Waals surface area contributed by atoms with E-state index in [2.05, 4.69) is 5.32 Å². The summed E-state index contributed by atoms with van der Waals surface area (Å²) >= 11 is 0. The van der Waals surface area contributed by atoms with Gasteiger partial charge in [-0.05, 0) is 44.2 Å². The minimum atomic E-state index is 0.804. The molecule has 2 aliphatic carbocycles. The fourth-order valence-electron chi connectivity index (χ4n) is 3.93. The predicted molar refractivity (Wildman–Crippen MR) is 74.0 cm³/mol. The van der Waals surface area contributed by atoms with Gasteiger partial charge in [0.2, 0.25) is 0 Å². The van der Waals surface area contributed by atoms with E-state index in [1.54, 1.807) is 0 Å². The number of hydrogen-bond donors (Lipinski definition) is 2. The number of rotatable bonds is 5. The summed E-state index contributed by atoms with van der Waals surface area (Å²) in [5, 5.41) is 3.79. The third-order valence-corrected chi connectivity index (χ3v) is 4.86. The van der Waals surface area contributed by atoms with Crippen LogP contribution < -0.4 is 11.1 Å². The van der Waals surface area contributed by atoms with E-state index in [9.17, 15) is 0 Å². The average molecular weight is 238 g/mol. The Kier molecular flexibility index (Phi) is 5.79. The lowest BCUT2D eigenvalue weighted by atomic mass is 9.71. The second-order valence-corrected chi connectivity index (χ2v) is 6.05. The van der Waals surface area contributed by atoms with Crippen molar-refractivity contribution >= 4 is 0 Å². The SMILES string of the molecule is NCCCNC1CCCCC1C1CCCCC1. The minimum absolute atomic E-state index is 0.804. The van der Waals surface area contributed by atoms with E-state index >= 15 is 0 Å². The van der Waals surface area contributed by atoms with Crippen molar-refractivity contribution in [1.29, 1.82) is 0 Å². The van der Waals surface area contributed by atoms with Crippen molar-refractivity contribution in [3.63, 3.8) is 0 Å². The highest BCUT2D eigenvalue weighted by Gasteiger charge is 2.31. The summed E-state index contributed by atoms with van der Waals surface area (Å²) in [5.41, 5.74) is 5.58. The largest absolute Gasteiger partial charge is 0.330 e. The van der Waals surface area contributed by atoms with Gasteiger partial charge in [-0.2, -0.15) is 0 Å². The molecule has 3 N–H and O–H groups in total. The highest BCUT2D eigenvalue weighted by atomic mass is 14.9. The Morgan fingerprint density at radius 3 is 2.35 bits per heavy atom. The second kappa shape index (κ2) is 7.38. The minimum Gasteiger partial charge on any atom is -0.330 e. The van der Waals surface area contributed by atoms with Gasteiger partial charge < -0.3 is 11.1 Å². The van der Waals surface area contributed by atoms with Crippen LogP contribution in [0, 0.1) is 11.8 Å². The standard InChI is InChI=1S/C15H30N2/c16-11-6-12-17-15-10-5-4-9-14(15)13-7-2-1-3-8-13/h13-15,17H,1-12,16H2. The molecule has 2 heteroatoms. The first-order chi connectivity index (χ1) is 8.42. The third-order valence-electron chi connectivity index (χ3n) is 4.86. The van der Waals surface area contributed by atoms with E-state index in [1.807, 2.05) is 0 Å². The maximum absolute atomic E-state index is 5.58. The Hall–Kier alpha value is -0.0800. The van der Waals surface area contributed by atoms with Crippen LogP contribution >= 0.6 is 0 Å². The van der Waals surface area contributed by atoms with Gasteiger partial charge in [-0.3, -0.25) is 0 Å². The highest BCUT2D eigenvalue weighted by molar-refractivity contribution is 4.86. The molecule has 0 saturated heterocycles. The van der Waals surface area contributed by atoms with Crippen molar-refractivity contribution in [1.82, 2.24) is 5.32 Å². The van der Waals surface area contributed by atoms with E-state index in [1.165, 1.54) is 57.8 Å². The van der Waals surface area contributed by atoms with Gasteiger partial charge in [-0.15, -0.1) is 0 Å². The van der Waals surface area contributed by atoms with Gasteiger partial charge in [0.25, 0.3) is 0 Å². The van der Waals surface area contributed by atoms with Crippen LogP contribution in [0.25, 0.3) is 0 Å². The maximum Gasteiger partial charge on any atom is 0.00979 e. The molecule has 2 unspecified atom stereocenters. The Balaban J connectivity index is 1.82. The van der Waals surface area contributed by atoms with Gasteiger partial charge in [-0.1, -0.05) is 44.9 Å². The molecule has 0 amide bonds. The molecule has 100 valence electrons. The molecular weight excluding hydrogens is 208 g/mol. The summed E-state index contributed by atoms with van der Waals surface area (Å²) in [7, 11) is 0. The first kappa shape index (κ1) is 13.4. The van der Waals surface area contributed by atoms with Crippen LogP contribution in [0.3, 0.4) is 0 Å². The van der Waals surface area contributed by atoms with Crippen LogP contribution in [0.5, 0.6) is 0 Å². The van der Waals surface area contributed by atoms with Crippen molar-refractivity contribution in [2.75, 3.05) is 13.1 Å². The molecule has 0 aromatic heterocycles. The van der Waals surface area contributed by atoms with E-state index in [4.69, 9.17) is 5.73 Å². The van der Waals surface area contributed by atoms with Crippen molar-refractivity contribution in [2.45, 2.75) is 70.3 Å². The zero-order valence-corrected chi connectivity index (χ0v) is 11.3. The molecule has 0 bridgehead atoms. The summed E-state index contributed by atoms with van der Waals surface area (Å²) in [5.74, 6) is 2.00. The zero-order chi connectivity index (χ0) is 11.9. The van der Waals surface area contributed by atoms with E-state index in [0.29, 0.717) is 0 Å². The Morgan fingerprint density at radius 2 is 1.59 bits per heavy atom. The van der Waals surface area contributed by atoms with Crippen molar-refractivity contribution < 1.29 is 0 Å². The molecule has 0 aliphatic heterocycles. The zero-order valence-electron chi connectivity index (χ0n) is 11.3. The van der Waals surface area contributed by atoms with Crippen LogP contribution in [0.2, 0.25) is 0 Å². The molecule has 0 spiro atoms. The fraction of sp³-hybridized carbons (Fsp3) is 1.00. The Bertz CT molecular complexity index is 199. The van der Waals surface area contributed by atoms with Gasteiger partial charge >= 0.3 is 0 Å². The van der Waals surface area contributed by atoms with Crippen LogP contribution in [-0.4, -0.2) is 19.1 Å². The number of hydrogen-bond acceptors (Lipinski definition) is 2. The molecule has 0 aromatic carbocycles. The van der Waals surface area contributed by atoms with Crippen LogP contribution in [-0.2, 0) is 0 Å². The first-order valence-electron chi connectivity index (χ1n) is 7.85. The smallest absolute Gasteiger partial charge is 0.00979 e. The van der Waals surface area contributed by atoms with E-state index in [-0.39, 0.29) is 0 Å². The average Bonchev–Trinajstić information content (AvgIpc) is 2.41. The monoisotopic (exact) mass is 238 g/mol. The molecule has 0 heterocycles. The molecular formula is C15H30N2. The topological polar surface area (TPSA) is 38.0 Å². The molecule has 2 aliphatic rings. The molecule has 2 nitrogen and oxygen atoms in total. The lowest BCUT2D eigenvalue weighted by Gasteiger charge is -2.39. The van der Waals surface area contributed by atoms with Gasteiger partial charge in [0, 0.05) is 6.04 Å². The third kappa shape index (κ3) is 3.96. The van der Waals surface area contributed by atoms with Crippen LogP contribution in [0.1, 0.15) is 64.2 Å². The second-order valence-electron chi connectivity index (χ2n) is 6.05. The molecule has 0 aromatic rings. The molecule has 2 rings (SSSR count). The van der Waals surface area contributed by atoms with Crippen molar-refractivity contribution in [3.8, 4) is 0 Å². The summed E-state index contributed by atoms with van der Waals surface area (Å²) in [6.45, 7) is 1.96. The normalized spacial score (nSPS) is 31.6. The summed E-state index contributed by atoms with van der Waals surface area (Å²) in [4.78, 5) is 0. The lowest BCUT2D eigenvalue weighted by Crippen LogP contribution is -2.43. The Labute approximate surface area is 107 Å². The van der Waals surface area contributed by atoms with Crippen LogP contribution in [0.15, 0.2) is 0 Å². The van der Waals surface area contributed by atoms with Crippen molar-refractivity contribution in [3.05, 3.63) is 0 Å². The lowest BCUT2D eigenvalue weighted by molar-refractivity contribution is 0.150. The fourth-order valence-corrected chi connectivity index (χ4v) is 3.93. The quantitative estimate of drug-likeness (QED) is 0.722. The van der Waals surface area contributed by atoms with E-state index < -0.39 is 0 Å². The summed E-state index contributed by atoms with van der Waals surface area (Å²) in [6.07, 6.45) is 14.4. The molecule has 2 fully saturated rings. The Morgan fingerprint density at radius 1 is 0.882 bits per heavy atom. The molecule has 0 radical (unpaired) electrons. The van der Waals surface area contributed by atoms with Gasteiger partial charge in [0.05, 0.1) is 0 Å². The number of nitrogens with one attached hydrogen (secondary N) is 1. The molecule has 2 atom stereocenters. The van der Waals surface area contributed by atoms with Gasteiger partial charge in [0.15, 0.2) is 0 Å². The summed E-state index contributed by atoms with van der Waals surface area (Å²) in [6, 6.07) is 0.804. The summed E-state index contributed by atoms with van der Waals surface area (Å²) < 4.78 is 0. The predicted octanol–water partition coefficient (Wildman–Crippen LogP) is 3.06. The van der Waals surface area contributed by atoms with Gasteiger partial charge in [-0.25, -0.2) is 0 Å². The first-order valence-corrected chi connectivity index (χ1v) is 7.85. The van der Waals surface area contributed by atoms with E-state index in [0.717, 1.165) is 37.4 Å². The highest BCUT2D eigenvalue weighted by Crippen LogP contribution is 2.38. The molecule has 17 heavy (non-hydrogen) atoms. The molecule has 2 saturated carbocycles. The maximum atomic E-state index is 5.58. The van der Waals surface area contributed by atoms with Crippen molar-refractivity contribution in [2.24, 2.45) is 17.6 Å². The van der Waals surface area contributed by atoms with Crippen LogP contribution in [0.4, 0.5) is 0 Å². The number of nitrogens with two attached hydrogens (primary N) is 1. The van der Waals surface area contributed by atoms with Gasteiger partial charge in [0.1, 0.15) is 0 Å².